The monoisotopic (exact) mass is 433 g/mol. The Morgan fingerprint density at radius 1 is 1.10 bits per heavy atom. The molecular formula is C24H23N3O3S. The molecule has 0 radical (unpaired) electrons. The third kappa shape index (κ3) is 4.27. The average molecular weight is 434 g/mol. The van der Waals surface area contributed by atoms with Crippen molar-refractivity contribution in [1.82, 2.24) is 15.3 Å². The lowest BCUT2D eigenvalue weighted by molar-refractivity contribution is -0.142. The smallest absolute Gasteiger partial charge is 0.328 e. The molecule has 1 amide bonds. The highest BCUT2D eigenvalue weighted by molar-refractivity contribution is 7.98. The van der Waals surface area contributed by atoms with E-state index in [1.807, 2.05) is 60.9 Å². The van der Waals surface area contributed by atoms with Gasteiger partial charge in [0, 0.05) is 21.9 Å². The number of H-pyrrole nitrogens is 1. The van der Waals surface area contributed by atoms with Crippen molar-refractivity contribution < 1.29 is 14.3 Å². The maximum absolute atomic E-state index is 13.1. The largest absolute Gasteiger partial charge is 0.467 e. The Kier molecular flexibility index (Phi) is 6.23. The first-order valence-electron chi connectivity index (χ1n) is 9.97. The van der Waals surface area contributed by atoms with Crippen molar-refractivity contribution in [2.75, 3.05) is 19.1 Å². The number of hydrogen-bond donors (Lipinski definition) is 2. The predicted molar refractivity (Wildman–Crippen MR) is 125 cm³/mol. The van der Waals surface area contributed by atoms with Gasteiger partial charge in [-0.1, -0.05) is 48.5 Å². The zero-order chi connectivity index (χ0) is 21.8. The third-order valence-electron chi connectivity index (χ3n) is 5.18. The van der Waals surface area contributed by atoms with Crippen molar-refractivity contribution >= 4 is 45.4 Å². The average Bonchev–Trinajstić information content (AvgIpc) is 3.19. The molecule has 1 unspecified atom stereocenters. The van der Waals surface area contributed by atoms with Gasteiger partial charge in [0.05, 0.1) is 18.3 Å². The quantitative estimate of drug-likeness (QED) is 0.422. The van der Waals surface area contributed by atoms with Crippen molar-refractivity contribution in [2.45, 2.75) is 12.5 Å². The molecule has 1 atom stereocenters. The molecule has 0 bridgehead atoms. The molecule has 2 aromatic carbocycles. The summed E-state index contributed by atoms with van der Waals surface area (Å²) >= 11 is 1.61. The van der Waals surface area contributed by atoms with Crippen LogP contribution in [0, 0.1) is 0 Å². The first kappa shape index (κ1) is 20.9. The van der Waals surface area contributed by atoms with Crippen LogP contribution in [0.5, 0.6) is 0 Å². The fourth-order valence-electron chi connectivity index (χ4n) is 3.63. The maximum atomic E-state index is 13.1. The lowest BCUT2D eigenvalue weighted by atomic mass is 10.1. The minimum atomic E-state index is -0.717. The van der Waals surface area contributed by atoms with Gasteiger partial charge >= 0.3 is 5.97 Å². The second-order valence-corrected chi connectivity index (χ2v) is 8.13. The molecule has 2 aromatic heterocycles. The van der Waals surface area contributed by atoms with Crippen LogP contribution >= 0.6 is 11.8 Å². The van der Waals surface area contributed by atoms with Gasteiger partial charge in [0.25, 0.3) is 5.91 Å². The lowest BCUT2D eigenvalue weighted by Crippen LogP contribution is -2.42. The van der Waals surface area contributed by atoms with E-state index in [0.717, 1.165) is 33.1 Å². The van der Waals surface area contributed by atoms with Gasteiger partial charge in [-0.2, -0.15) is 11.8 Å². The van der Waals surface area contributed by atoms with Crippen LogP contribution in [-0.4, -0.2) is 47.0 Å². The van der Waals surface area contributed by atoms with E-state index in [0.29, 0.717) is 12.1 Å². The van der Waals surface area contributed by atoms with Crippen LogP contribution < -0.4 is 5.32 Å². The molecule has 2 N–H and O–H groups in total. The summed E-state index contributed by atoms with van der Waals surface area (Å²) in [6.07, 6.45) is 2.44. The Balaban J connectivity index is 1.81. The minimum Gasteiger partial charge on any atom is -0.467 e. The highest BCUT2D eigenvalue weighted by atomic mass is 32.2. The Bertz CT molecular complexity index is 1240. The van der Waals surface area contributed by atoms with Crippen LogP contribution in [0.2, 0.25) is 0 Å². The molecule has 0 spiro atoms. The van der Waals surface area contributed by atoms with Gasteiger partial charge in [-0.3, -0.25) is 4.79 Å². The molecule has 7 heteroatoms. The van der Waals surface area contributed by atoms with Crippen molar-refractivity contribution in [1.29, 1.82) is 0 Å². The number of nitrogens with one attached hydrogen (secondary N) is 2. The number of fused-ring (bicyclic) bond motifs is 3. The summed E-state index contributed by atoms with van der Waals surface area (Å²) < 4.78 is 4.87. The van der Waals surface area contributed by atoms with E-state index in [4.69, 9.17) is 4.74 Å². The van der Waals surface area contributed by atoms with Crippen molar-refractivity contribution in [3.8, 4) is 11.3 Å². The Morgan fingerprint density at radius 2 is 1.84 bits per heavy atom. The normalized spacial score (nSPS) is 12.1. The SMILES string of the molecule is COC(=O)C(CCSC)NC(=O)c1cc2c([nH]c3ccccc32)c(-c2ccccc2)n1. The zero-order valence-electron chi connectivity index (χ0n) is 17.3. The zero-order valence-corrected chi connectivity index (χ0v) is 18.2. The van der Waals surface area contributed by atoms with E-state index in [1.54, 1.807) is 17.8 Å². The molecule has 31 heavy (non-hydrogen) atoms. The Labute approximate surface area is 184 Å². The number of carbonyl (C=O) groups is 2. The number of carbonyl (C=O) groups excluding carboxylic acids is 2. The molecule has 4 aromatic rings. The van der Waals surface area contributed by atoms with E-state index in [2.05, 4.69) is 15.3 Å². The fourth-order valence-corrected chi connectivity index (χ4v) is 4.10. The molecule has 158 valence electrons. The first-order valence-corrected chi connectivity index (χ1v) is 11.4. The van der Waals surface area contributed by atoms with Crippen molar-refractivity contribution in [3.63, 3.8) is 0 Å². The summed E-state index contributed by atoms with van der Waals surface area (Å²) in [6, 6.07) is 18.7. The number of methoxy groups -OCH3 is 1. The summed E-state index contributed by atoms with van der Waals surface area (Å²) in [5.41, 5.74) is 3.70. The van der Waals surface area contributed by atoms with Gasteiger partial charge in [-0.25, -0.2) is 9.78 Å². The van der Waals surface area contributed by atoms with Crippen LogP contribution in [-0.2, 0) is 9.53 Å². The van der Waals surface area contributed by atoms with Crippen LogP contribution in [0.4, 0.5) is 0 Å². The molecule has 2 heterocycles. The fraction of sp³-hybridized carbons (Fsp3) is 0.208. The summed E-state index contributed by atoms with van der Waals surface area (Å²) in [5, 5.41) is 4.73. The van der Waals surface area contributed by atoms with Gasteiger partial charge in [-0.15, -0.1) is 0 Å². The van der Waals surface area contributed by atoms with Gasteiger partial charge in [0.1, 0.15) is 11.7 Å². The molecule has 0 saturated heterocycles. The van der Waals surface area contributed by atoms with Gasteiger partial charge < -0.3 is 15.0 Å². The van der Waals surface area contributed by atoms with E-state index < -0.39 is 17.9 Å². The number of amides is 1. The molecule has 0 aliphatic heterocycles. The number of esters is 1. The van der Waals surface area contributed by atoms with Gasteiger partial charge in [0.15, 0.2) is 0 Å². The number of aromatic amines is 1. The second-order valence-electron chi connectivity index (χ2n) is 7.15. The summed E-state index contributed by atoms with van der Waals surface area (Å²) in [7, 11) is 1.32. The number of rotatable bonds is 7. The molecule has 6 nitrogen and oxygen atoms in total. The number of para-hydroxylation sites is 1. The van der Waals surface area contributed by atoms with E-state index in [-0.39, 0.29) is 5.69 Å². The molecule has 4 rings (SSSR count). The van der Waals surface area contributed by atoms with Gasteiger partial charge in [0.2, 0.25) is 0 Å². The number of thioether (sulfide) groups is 1. The number of ether oxygens (including phenoxy) is 1. The van der Waals surface area contributed by atoms with E-state index in [9.17, 15) is 9.59 Å². The summed E-state index contributed by atoms with van der Waals surface area (Å²) in [4.78, 5) is 33.4. The van der Waals surface area contributed by atoms with Crippen molar-refractivity contribution in [3.05, 3.63) is 66.4 Å². The Morgan fingerprint density at radius 3 is 2.58 bits per heavy atom. The molecule has 0 saturated carbocycles. The predicted octanol–water partition coefficient (Wildman–Crippen LogP) is 4.41. The number of benzene rings is 2. The van der Waals surface area contributed by atoms with Crippen LogP contribution in [0.25, 0.3) is 33.1 Å². The summed E-state index contributed by atoms with van der Waals surface area (Å²) in [5.74, 6) is -0.135. The number of pyridine rings is 1. The number of nitrogens with zero attached hydrogens (tertiary/aromatic N) is 1. The van der Waals surface area contributed by atoms with Crippen molar-refractivity contribution in [2.24, 2.45) is 0 Å². The van der Waals surface area contributed by atoms with E-state index >= 15 is 0 Å². The molecular weight excluding hydrogens is 410 g/mol. The maximum Gasteiger partial charge on any atom is 0.328 e. The third-order valence-corrected chi connectivity index (χ3v) is 5.82. The molecule has 0 aliphatic carbocycles. The molecule has 0 fully saturated rings. The first-order chi connectivity index (χ1) is 15.1. The number of hydrogen-bond acceptors (Lipinski definition) is 5. The molecule has 0 aliphatic rings. The van der Waals surface area contributed by atoms with Crippen LogP contribution in [0.15, 0.2) is 60.7 Å². The van der Waals surface area contributed by atoms with Crippen LogP contribution in [0.3, 0.4) is 0 Å². The van der Waals surface area contributed by atoms with Crippen LogP contribution in [0.1, 0.15) is 16.9 Å². The second kappa shape index (κ2) is 9.22. The highest BCUT2D eigenvalue weighted by Crippen LogP contribution is 2.32. The Hall–Kier alpha value is -3.32. The summed E-state index contributed by atoms with van der Waals surface area (Å²) in [6.45, 7) is 0. The topological polar surface area (TPSA) is 84.1 Å². The van der Waals surface area contributed by atoms with E-state index in [1.165, 1.54) is 7.11 Å². The number of aromatic nitrogens is 2. The highest BCUT2D eigenvalue weighted by Gasteiger charge is 2.24. The lowest BCUT2D eigenvalue weighted by Gasteiger charge is -2.16. The van der Waals surface area contributed by atoms with Gasteiger partial charge in [-0.05, 0) is 30.6 Å². The standard InChI is InChI=1S/C24H23N3O3S/c1-30-24(29)19(12-13-31-2)27-23(28)20-14-17-16-10-6-7-11-18(16)25-22(17)21(26-20)15-8-4-3-5-9-15/h3-11,14,19,25H,12-13H2,1-2H3,(H,27,28). The minimum absolute atomic E-state index is 0.258.